The summed E-state index contributed by atoms with van der Waals surface area (Å²) in [4.78, 5) is 2.58. The molecule has 19 heavy (non-hydrogen) atoms. The monoisotopic (exact) mass is 262 g/mol. The zero-order chi connectivity index (χ0) is 13.7. The summed E-state index contributed by atoms with van der Waals surface area (Å²) in [6, 6.07) is 9.21. The van der Waals surface area contributed by atoms with Crippen LogP contribution in [0.1, 0.15) is 44.2 Å². The van der Waals surface area contributed by atoms with Crippen molar-refractivity contribution in [3.8, 4) is 5.75 Å². The fraction of sp³-hybridized carbons (Fsp3) is 0.625. The third kappa shape index (κ3) is 3.10. The lowest BCUT2D eigenvalue weighted by Crippen LogP contribution is -2.44. The quantitative estimate of drug-likeness (QED) is 0.886. The fourth-order valence-electron chi connectivity index (χ4n) is 3.25. The van der Waals surface area contributed by atoms with Crippen LogP contribution in [0.4, 0.5) is 0 Å². The molecule has 2 unspecified atom stereocenters. The smallest absolute Gasteiger partial charge is 0.123 e. The van der Waals surface area contributed by atoms with E-state index in [9.17, 15) is 0 Å². The van der Waals surface area contributed by atoms with Crippen molar-refractivity contribution in [1.82, 2.24) is 4.90 Å². The van der Waals surface area contributed by atoms with Crippen molar-refractivity contribution >= 4 is 0 Å². The number of methoxy groups -OCH3 is 1. The normalized spacial score (nSPS) is 22.2. The molecule has 0 saturated carbocycles. The molecule has 2 atom stereocenters. The minimum atomic E-state index is 0.279. The largest absolute Gasteiger partial charge is 0.496 e. The molecule has 106 valence electrons. The van der Waals surface area contributed by atoms with Crippen molar-refractivity contribution in [2.45, 2.75) is 44.7 Å². The van der Waals surface area contributed by atoms with Crippen molar-refractivity contribution in [3.63, 3.8) is 0 Å². The lowest BCUT2D eigenvalue weighted by atomic mass is 9.94. The van der Waals surface area contributed by atoms with E-state index in [1.807, 2.05) is 12.1 Å². The van der Waals surface area contributed by atoms with Crippen LogP contribution in [0.2, 0.25) is 0 Å². The van der Waals surface area contributed by atoms with Crippen molar-refractivity contribution in [2.24, 2.45) is 5.73 Å². The summed E-state index contributed by atoms with van der Waals surface area (Å²) in [6.07, 6.45) is 5.12. The molecule has 0 radical (unpaired) electrons. The van der Waals surface area contributed by atoms with Gasteiger partial charge >= 0.3 is 0 Å². The molecule has 1 saturated heterocycles. The maximum Gasteiger partial charge on any atom is 0.123 e. The zero-order valence-electron chi connectivity index (χ0n) is 12.1. The molecule has 3 nitrogen and oxygen atoms in total. The highest BCUT2D eigenvalue weighted by atomic mass is 16.5. The molecular weight excluding hydrogens is 236 g/mol. The van der Waals surface area contributed by atoms with Crippen molar-refractivity contribution in [1.29, 1.82) is 0 Å². The van der Waals surface area contributed by atoms with Crippen molar-refractivity contribution in [2.75, 3.05) is 20.2 Å². The number of nitrogens with two attached hydrogens (primary N) is 1. The van der Waals surface area contributed by atoms with Crippen LogP contribution in [0.5, 0.6) is 5.75 Å². The summed E-state index contributed by atoms with van der Waals surface area (Å²) in [7, 11) is 1.74. The van der Waals surface area contributed by atoms with Crippen LogP contribution in [0.15, 0.2) is 24.3 Å². The number of rotatable bonds is 5. The standard InChI is InChI=1S/C16H26N2O/c1-3-13-8-6-7-11-18(13)15(12-17)14-9-4-5-10-16(14)19-2/h4-5,9-10,13,15H,3,6-8,11-12,17H2,1-2H3. The summed E-state index contributed by atoms with van der Waals surface area (Å²) in [5.41, 5.74) is 7.31. The van der Waals surface area contributed by atoms with Gasteiger partial charge in [-0.25, -0.2) is 0 Å². The van der Waals surface area contributed by atoms with Gasteiger partial charge < -0.3 is 10.5 Å². The maximum absolute atomic E-state index is 6.08. The molecule has 2 N–H and O–H groups in total. The summed E-state index contributed by atoms with van der Waals surface area (Å²) in [5, 5.41) is 0. The molecule has 1 aliphatic heterocycles. The Morgan fingerprint density at radius 2 is 2.16 bits per heavy atom. The number of nitrogens with zero attached hydrogens (tertiary/aromatic N) is 1. The molecule has 1 fully saturated rings. The van der Waals surface area contributed by atoms with E-state index in [1.54, 1.807) is 7.11 Å². The number of hydrogen-bond acceptors (Lipinski definition) is 3. The van der Waals surface area contributed by atoms with Gasteiger partial charge in [-0.15, -0.1) is 0 Å². The number of piperidine rings is 1. The molecule has 1 aliphatic rings. The Hall–Kier alpha value is -1.06. The van der Waals surface area contributed by atoms with Gasteiger partial charge in [0.15, 0.2) is 0 Å². The SMILES string of the molecule is CCC1CCCCN1C(CN)c1ccccc1OC. The minimum absolute atomic E-state index is 0.279. The molecule has 1 aromatic carbocycles. The molecule has 0 amide bonds. The number of ether oxygens (including phenoxy) is 1. The molecule has 1 aromatic rings. The van der Waals surface area contributed by atoms with Crippen molar-refractivity contribution in [3.05, 3.63) is 29.8 Å². The van der Waals surface area contributed by atoms with Crippen molar-refractivity contribution < 1.29 is 4.74 Å². The van der Waals surface area contributed by atoms with Crippen LogP contribution in [-0.4, -0.2) is 31.1 Å². The number of hydrogen-bond donors (Lipinski definition) is 1. The highest BCUT2D eigenvalue weighted by Crippen LogP contribution is 2.33. The summed E-state index contributed by atoms with van der Waals surface area (Å²) in [5.74, 6) is 0.957. The second-order valence-electron chi connectivity index (χ2n) is 5.29. The van der Waals surface area contributed by atoms with Gasteiger partial charge in [-0.1, -0.05) is 31.5 Å². The van der Waals surface area contributed by atoms with Gasteiger partial charge in [0.05, 0.1) is 13.2 Å². The Kier molecular flexibility index (Phi) is 5.23. The van der Waals surface area contributed by atoms with Gasteiger partial charge in [0.2, 0.25) is 0 Å². The van der Waals surface area contributed by atoms with E-state index >= 15 is 0 Å². The Labute approximate surface area is 116 Å². The molecular formula is C16H26N2O. The van der Waals surface area contributed by atoms with Gasteiger partial charge in [-0.05, 0) is 31.9 Å². The van der Waals surface area contributed by atoms with Crippen LogP contribution in [0.25, 0.3) is 0 Å². The molecule has 2 rings (SSSR count). The first-order chi connectivity index (χ1) is 9.31. The fourth-order valence-corrected chi connectivity index (χ4v) is 3.25. The van der Waals surface area contributed by atoms with E-state index < -0.39 is 0 Å². The van der Waals surface area contributed by atoms with E-state index in [0.717, 1.165) is 12.3 Å². The van der Waals surface area contributed by atoms with Crippen LogP contribution in [0, 0.1) is 0 Å². The van der Waals surface area contributed by atoms with Gasteiger partial charge in [-0.2, -0.15) is 0 Å². The first kappa shape index (κ1) is 14.4. The van der Waals surface area contributed by atoms with Crippen LogP contribution in [0.3, 0.4) is 0 Å². The predicted octanol–water partition coefficient (Wildman–Crippen LogP) is 2.96. The lowest BCUT2D eigenvalue weighted by molar-refractivity contribution is 0.0935. The molecule has 0 bridgehead atoms. The first-order valence-electron chi connectivity index (χ1n) is 7.40. The molecule has 1 heterocycles. The number of likely N-dealkylation sites (tertiary alicyclic amines) is 1. The van der Waals surface area contributed by atoms with E-state index in [4.69, 9.17) is 10.5 Å². The molecule has 3 heteroatoms. The second-order valence-corrected chi connectivity index (χ2v) is 5.29. The maximum atomic E-state index is 6.08. The zero-order valence-corrected chi connectivity index (χ0v) is 12.1. The third-order valence-corrected chi connectivity index (χ3v) is 4.27. The Morgan fingerprint density at radius 1 is 1.37 bits per heavy atom. The Bertz CT molecular complexity index is 394. The van der Waals surface area contributed by atoms with E-state index in [2.05, 4.69) is 24.0 Å². The highest BCUT2D eigenvalue weighted by Gasteiger charge is 2.29. The second kappa shape index (κ2) is 6.92. The Balaban J connectivity index is 2.27. The van der Waals surface area contributed by atoms with Gasteiger partial charge in [0.1, 0.15) is 5.75 Å². The van der Waals surface area contributed by atoms with Gasteiger partial charge in [0.25, 0.3) is 0 Å². The van der Waals surface area contributed by atoms with Crippen LogP contribution in [-0.2, 0) is 0 Å². The average Bonchev–Trinajstić information content (AvgIpc) is 2.49. The number of para-hydroxylation sites is 1. The predicted molar refractivity (Wildman–Crippen MR) is 79.4 cm³/mol. The highest BCUT2D eigenvalue weighted by molar-refractivity contribution is 5.36. The van der Waals surface area contributed by atoms with E-state index in [0.29, 0.717) is 12.6 Å². The topological polar surface area (TPSA) is 38.5 Å². The molecule has 0 aliphatic carbocycles. The van der Waals surface area contributed by atoms with Gasteiger partial charge in [-0.3, -0.25) is 4.90 Å². The van der Waals surface area contributed by atoms with Crippen LogP contribution >= 0.6 is 0 Å². The van der Waals surface area contributed by atoms with E-state index in [1.165, 1.54) is 31.2 Å². The Morgan fingerprint density at radius 3 is 2.84 bits per heavy atom. The van der Waals surface area contributed by atoms with Gasteiger partial charge in [0, 0.05) is 18.2 Å². The third-order valence-electron chi connectivity index (χ3n) is 4.27. The molecule has 0 aromatic heterocycles. The summed E-state index contributed by atoms with van der Waals surface area (Å²) < 4.78 is 5.51. The summed E-state index contributed by atoms with van der Waals surface area (Å²) in [6.45, 7) is 4.08. The molecule has 0 spiro atoms. The van der Waals surface area contributed by atoms with Crippen LogP contribution < -0.4 is 10.5 Å². The average molecular weight is 262 g/mol. The van der Waals surface area contributed by atoms with E-state index in [-0.39, 0.29) is 6.04 Å². The number of benzene rings is 1. The summed E-state index contributed by atoms with van der Waals surface area (Å²) >= 11 is 0. The first-order valence-corrected chi connectivity index (χ1v) is 7.40. The lowest BCUT2D eigenvalue weighted by Gasteiger charge is -2.41. The minimum Gasteiger partial charge on any atom is -0.496 e.